The molecule has 3 atom stereocenters. The molecule has 3 unspecified atom stereocenters. The van der Waals surface area contributed by atoms with Crippen molar-refractivity contribution >= 4 is 41.7 Å². The highest BCUT2D eigenvalue weighted by Crippen LogP contribution is 2.28. The van der Waals surface area contributed by atoms with Crippen LogP contribution >= 0.6 is 35.7 Å². The number of aliphatic imine (C=N–C) groups is 1. The SMILES string of the molecule is CN=C(NCC(C)Oc1ccccc1OC)NC1CCC(SC)C1.I. The van der Waals surface area contributed by atoms with E-state index >= 15 is 0 Å². The van der Waals surface area contributed by atoms with Crippen molar-refractivity contribution < 1.29 is 9.47 Å². The largest absolute Gasteiger partial charge is 0.493 e. The molecule has 2 N–H and O–H groups in total. The summed E-state index contributed by atoms with van der Waals surface area (Å²) in [5.41, 5.74) is 0. The lowest BCUT2D eigenvalue weighted by Gasteiger charge is -2.21. The Morgan fingerprint density at radius 1 is 1.32 bits per heavy atom. The van der Waals surface area contributed by atoms with Crippen LogP contribution in [0.15, 0.2) is 29.3 Å². The van der Waals surface area contributed by atoms with Crippen molar-refractivity contribution in [3.8, 4) is 11.5 Å². The third-order valence-electron chi connectivity index (χ3n) is 4.24. The second-order valence-corrected chi connectivity index (χ2v) is 7.18. The van der Waals surface area contributed by atoms with E-state index in [0.29, 0.717) is 12.6 Å². The lowest BCUT2D eigenvalue weighted by atomic mass is 10.2. The van der Waals surface area contributed by atoms with E-state index in [1.807, 2.05) is 50.0 Å². The molecule has 1 aliphatic carbocycles. The van der Waals surface area contributed by atoms with Gasteiger partial charge >= 0.3 is 0 Å². The fourth-order valence-electron chi connectivity index (χ4n) is 2.89. The molecule has 5 nitrogen and oxygen atoms in total. The van der Waals surface area contributed by atoms with Gasteiger partial charge in [0.1, 0.15) is 6.10 Å². The molecule has 0 radical (unpaired) electrons. The van der Waals surface area contributed by atoms with E-state index in [-0.39, 0.29) is 30.1 Å². The second kappa shape index (κ2) is 11.7. The van der Waals surface area contributed by atoms with Crippen LogP contribution < -0.4 is 20.1 Å². The monoisotopic (exact) mass is 479 g/mol. The van der Waals surface area contributed by atoms with E-state index in [2.05, 4.69) is 21.9 Å². The summed E-state index contributed by atoms with van der Waals surface area (Å²) in [5.74, 6) is 2.36. The van der Waals surface area contributed by atoms with Crippen molar-refractivity contribution in [1.29, 1.82) is 0 Å². The third kappa shape index (κ3) is 7.13. The first-order valence-corrected chi connectivity index (χ1v) is 9.74. The highest BCUT2D eigenvalue weighted by atomic mass is 127. The van der Waals surface area contributed by atoms with Gasteiger partial charge in [-0.2, -0.15) is 11.8 Å². The molecule has 25 heavy (non-hydrogen) atoms. The van der Waals surface area contributed by atoms with Gasteiger partial charge in [-0.05, 0) is 44.6 Å². The summed E-state index contributed by atoms with van der Waals surface area (Å²) in [5, 5.41) is 7.64. The Labute approximate surface area is 172 Å². The van der Waals surface area contributed by atoms with Gasteiger partial charge in [-0.3, -0.25) is 4.99 Å². The lowest BCUT2D eigenvalue weighted by Crippen LogP contribution is -2.45. The maximum Gasteiger partial charge on any atom is 0.191 e. The first kappa shape index (κ1) is 22.2. The van der Waals surface area contributed by atoms with Crippen molar-refractivity contribution in [2.24, 2.45) is 4.99 Å². The number of guanidine groups is 1. The van der Waals surface area contributed by atoms with Gasteiger partial charge in [0.25, 0.3) is 0 Å². The van der Waals surface area contributed by atoms with Gasteiger partial charge in [0.2, 0.25) is 0 Å². The van der Waals surface area contributed by atoms with Gasteiger partial charge in [0.05, 0.1) is 13.7 Å². The van der Waals surface area contributed by atoms with Crippen molar-refractivity contribution in [3.05, 3.63) is 24.3 Å². The van der Waals surface area contributed by atoms with Crippen LogP contribution in [0.4, 0.5) is 0 Å². The molecule has 1 aromatic rings. The van der Waals surface area contributed by atoms with Crippen LogP contribution in [-0.4, -0.2) is 50.3 Å². The molecule has 142 valence electrons. The molecule has 1 aliphatic rings. The minimum Gasteiger partial charge on any atom is -0.493 e. The molecular formula is C18H30IN3O2S. The Balaban J connectivity index is 0.00000312. The number of benzene rings is 1. The Kier molecular flexibility index (Phi) is 10.4. The Bertz CT molecular complexity index is 545. The molecule has 1 fully saturated rings. The van der Waals surface area contributed by atoms with E-state index in [1.165, 1.54) is 19.3 Å². The van der Waals surface area contributed by atoms with Gasteiger partial charge < -0.3 is 20.1 Å². The molecule has 0 aliphatic heterocycles. The average Bonchev–Trinajstić information content (AvgIpc) is 3.06. The van der Waals surface area contributed by atoms with Gasteiger partial charge in [-0.15, -0.1) is 24.0 Å². The highest BCUT2D eigenvalue weighted by molar-refractivity contribution is 14.0. The summed E-state index contributed by atoms with van der Waals surface area (Å²) >= 11 is 1.96. The molecule has 0 bridgehead atoms. The number of para-hydroxylation sites is 2. The minimum atomic E-state index is 0. The number of hydrogen-bond acceptors (Lipinski definition) is 4. The summed E-state index contributed by atoms with van der Waals surface area (Å²) in [6.07, 6.45) is 5.89. The summed E-state index contributed by atoms with van der Waals surface area (Å²) in [6, 6.07) is 8.21. The van der Waals surface area contributed by atoms with Gasteiger partial charge in [-0.25, -0.2) is 0 Å². The van der Waals surface area contributed by atoms with Crippen LogP contribution in [0.1, 0.15) is 26.2 Å². The predicted octanol–water partition coefficient (Wildman–Crippen LogP) is 3.53. The van der Waals surface area contributed by atoms with E-state index < -0.39 is 0 Å². The van der Waals surface area contributed by atoms with Crippen molar-refractivity contribution in [2.75, 3.05) is 27.0 Å². The van der Waals surface area contributed by atoms with Crippen LogP contribution in [0.25, 0.3) is 0 Å². The van der Waals surface area contributed by atoms with Crippen LogP contribution in [0.2, 0.25) is 0 Å². The van der Waals surface area contributed by atoms with Gasteiger partial charge in [-0.1, -0.05) is 12.1 Å². The smallest absolute Gasteiger partial charge is 0.191 e. The second-order valence-electron chi connectivity index (χ2n) is 6.04. The average molecular weight is 479 g/mol. The maximum absolute atomic E-state index is 5.96. The van der Waals surface area contributed by atoms with Gasteiger partial charge in [0.15, 0.2) is 17.5 Å². The molecule has 2 rings (SSSR count). The molecule has 7 heteroatoms. The molecule has 0 aromatic heterocycles. The number of methoxy groups -OCH3 is 1. The van der Waals surface area contributed by atoms with Crippen molar-refractivity contribution in [2.45, 2.75) is 43.6 Å². The van der Waals surface area contributed by atoms with E-state index in [1.54, 1.807) is 7.11 Å². The maximum atomic E-state index is 5.96. The zero-order chi connectivity index (χ0) is 17.4. The van der Waals surface area contributed by atoms with Crippen LogP contribution in [-0.2, 0) is 0 Å². The number of halogens is 1. The number of thioether (sulfide) groups is 1. The van der Waals surface area contributed by atoms with Gasteiger partial charge in [0, 0.05) is 18.3 Å². The van der Waals surface area contributed by atoms with E-state index in [4.69, 9.17) is 9.47 Å². The molecule has 0 heterocycles. The Hall–Kier alpha value is -0.830. The fraction of sp³-hybridized carbons (Fsp3) is 0.611. The van der Waals surface area contributed by atoms with Crippen LogP contribution in [0, 0.1) is 0 Å². The third-order valence-corrected chi connectivity index (χ3v) is 5.33. The molecule has 0 saturated heterocycles. The Morgan fingerprint density at radius 3 is 2.64 bits per heavy atom. The first-order chi connectivity index (χ1) is 11.7. The number of nitrogens with zero attached hydrogens (tertiary/aromatic N) is 1. The zero-order valence-electron chi connectivity index (χ0n) is 15.5. The summed E-state index contributed by atoms with van der Waals surface area (Å²) < 4.78 is 11.3. The molecule has 0 spiro atoms. The zero-order valence-corrected chi connectivity index (χ0v) is 18.6. The van der Waals surface area contributed by atoms with E-state index in [0.717, 1.165) is 22.7 Å². The van der Waals surface area contributed by atoms with E-state index in [9.17, 15) is 0 Å². The Morgan fingerprint density at radius 2 is 2.04 bits per heavy atom. The molecule has 0 amide bonds. The number of rotatable bonds is 7. The summed E-state index contributed by atoms with van der Waals surface area (Å²) in [6.45, 7) is 2.71. The normalized spacial score (nSPS) is 21.2. The first-order valence-electron chi connectivity index (χ1n) is 8.46. The number of hydrogen-bond donors (Lipinski definition) is 2. The van der Waals surface area contributed by atoms with Crippen molar-refractivity contribution in [3.63, 3.8) is 0 Å². The summed E-state index contributed by atoms with van der Waals surface area (Å²) in [4.78, 5) is 4.32. The predicted molar refractivity (Wildman–Crippen MR) is 118 cm³/mol. The molecule has 1 saturated carbocycles. The fourth-order valence-corrected chi connectivity index (χ4v) is 3.68. The minimum absolute atomic E-state index is 0. The summed E-state index contributed by atoms with van der Waals surface area (Å²) in [7, 11) is 3.46. The van der Waals surface area contributed by atoms with Crippen LogP contribution in [0.3, 0.4) is 0 Å². The standard InChI is InChI=1S/C18H29N3O2S.HI/c1-13(23-17-8-6-5-7-16(17)22-3)12-20-18(19-2)21-14-9-10-15(11-14)24-4;/h5-8,13-15H,9-12H2,1-4H3,(H2,19,20,21);1H. The molecular weight excluding hydrogens is 449 g/mol. The quantitative estimate of drug-likeness (QED) is 0.356. The molecule has 1 aromatic carbocycles. The van der Waals surface area contributed by atoms with Crippen LogP contribution in [0.5, 0.6) is 11.5 Å². The topological polar surface area (TPSA) is 54.9 Å². The lowest BCUT2D eigenvalue weighted by molar-refractivity contribution is 0.213. The highest BCUT2D eigenvalue weighted by Gasteiger charge is 2.24. The number of nitrogens with one attached hydrogen (secondary N) is 2. The van der Waals surface area contributed by atoms with Crippen molar-refractivity contribution in [1.82, 2.24) is 10.6 Å². The number of ether oxygens (including phenoxy) is 2.